The zero-order valence-corrected chi connectivity index (χ0v) is 13.0. The van der Waals surface area contributed by atoms with E-state index in [1.54, 1.807) is 17.2 Å². The first kappa shape index (κ1) is 15.0. The average Bonchev–Trinajstić information content (AvgIpc) is 2.86. The van der Waals surface area contributed by atoms with E-state index in [9.17, 15) is 13.2 Å². The fourth-order valence-electron chi connectivity index (χ4n) is 2.73. The minimum absolute atomic E-state index is 0.0836. The summed E-state index contributed by atoms with van der Waals surface area (Å²) >= 11 is 0. The summed E-state index contributed by atoms with van der Waals surface area (Å²) in [6, 6.07) is 1.66. The fourth-order valence-corrected chi connectivity index (χ4v) is 4.40. The predicted molar refractivity (Wildman–Crippen MR) is 82.6 cm³/mol. The van der Waals surface area contributed by atoms with Crippen molar-refractivity contribution in [3.05, 3.63) is 12.3 Å². The van der Waals surface area contributed by atoms with Gasteiger partial charge in [-0.3, -0.25) is 4.79 Å². The molecule has 3 heterocycles. The number of carbonyl (C=O) groups excluding carboxylic acids is 1. The van der Waals surface area contributed by atoms with Gasteiger partial charge in [-0.1, -0.05) is 0 Å². The van der Waals surface area contributed by atoms with Crippen molar-refractivity contribution in [2.45, 2.75) is 12.5 Å². The van der Waals surface area contributed by atoms with Gasteiger partial charge < -0.3 is 15.1 Å². The summed E-state index contributed by atoms with van der Waals surface area (Å²) < 4.78 is 23.0. The van der Waals surface area contributed by atoms with Crippen LogP contribution in [0.4, 0.5) is 11.8 Å². The molecule has 1 atom stereocenters. The van der Waals surface area contributed by atoms with E-state index in [1.807, 2.05) is 4.90 Å². The van der Waals surface area contributed by atoms with Gasteiger partial charge in [-0.25, -0.2) is 13.4 Å². The summed E-state index contributed by atoms with van der Waals surface area (Å²) in [5.74, 6) is 1.64. The quantitative estimate of drug-likeness (QED) is 0.735. The Morgan fingerprint density at radius 2 is 2.05 bits per heavy atom. The molecule has 120 valence electrons. The smallest absolute Gasteiger partial charge is 0.227 e. The van der Waals surface area contributed by atoms with Gasteiger partial charge in [0.05, 0.1) is 11.5 Å². The summed E-state index contributed by atoms with van der Waals surface area (Å²) in [6.07, 6.45) is 3.14. The summed E-state index contributed by atoms with van der Waals surface area (Å²) in [6.45, 7) is 2.71. The molecule has 2 fully saturated rings. The van der Waals surface area contributed by atoms with Gasteiger partial charge in [-0.15, -0.1) is 0 Å². The Labute approximate surface area is 129 Å². The van der Waals surface area contributed by atoms with E-state index in [0.717, 1.165) is 6.41 Å². The number of anilines is 2. The van der Waals surface area contributed by atoms with E-state index in [0.29, 0.717) is 44.4 Å². The van der Waals surface area contributed by atoms with Gasteiger partial charge in [-0.05, 0) is 12.5 Å². The minimum atomic E-state index is -2.91. The van der Waals surface area contributed by atoms with Gasteiger partial charge in [-0.2, -0.15) is 4.98 Å². The molecule has 2 aliphatic heterocycles. The Hall–Kier alpha value is -1.90. The Balaban J connectivity index is 1.64. The van der Waals surface area contributed by atoms with Crippen LogP contribution in [0.5, 0.6) is 0 Å². The van der Waals surface area contributed by atoms with Gasteiger partial charge >= 0.3 is 0 Å². The molecular formula is C13H19N5O3S. The third kappa shape index (κ3) is 3.46. The number of sulfone groups is 1. The van der Waals surface area contributed by atoms with Crippen LogP contribution in [0.2, 0.25) is 0 Å². The molecule has 1 unspecified atom stereocenters. The zero-order valence-electron chi connectivity index (χ0n) is 12.2. The van der Waals surface area contributed by atoms with Crippen molar-refractivity contribution >= 4 is 28.0 Å². The Morgan fingerprint density at radius 3 is 2.68 bits per heavy atom. The maximum Gasteiger partial charge on any atom is 0.227 e. The number of nitrogens with zero attached hydrogens (tertiary/aromatic N) is 4. The number of nitrogens with one attached hydrogen (secondary N) is 1. The molecule has 2 aliphatic rings. The van der Waals surface area contributed by atoms with Crippen molar-refractivity contribution in [2.75, 3.05) is 47.9 Å². The largest absolute Gasteiger partial charge is 0.366 e. The fraction of sp³-hybridized carbons (Fsp3) is 0.615. The molecule has 0 spiro atoms. The Bertz CT molecular complexity index is 643. The molecule has 2 saturated heterocycles. The molecule has 22 heavy (non-hydrogen) atoms. The van der Waals surface area contributed by atoms with Crippen LogP contribution in [0.15, 0.2) is 12.3 Å². The molecular weight excluding hydrogens is 306 g/mol. The Kier molecular flexibility index (Phi) is 4.14. The van der Waals surface area contributed by atoms with E-state index < -0.39 is 9.84 Å². The van der Waals surface area contributed by atoms with Crippen LogP contribution < -0.4 is 10.2 Å². The maximum absolute atomic E-state index is 11.5. The first-order chi connectivity index (χ1) is 10.6. The summed E-state index contributed by atoms with van der Waals surface area (Å²) in [5.41, 5.74) is 0. The molecule has 3 rings (SSSR count). The normalized spacial score (nSPS) is 24.3. The van der Waals surface area contributed by atoms with Crippen molar-refractivity contribution in [2.24, 2.45) is 0 Å². The molecule has 0 bridgehead atoms. The standard InChI is InChI=1S/C13H19N5O3S/c19-10-17-4-6-18(7-5-17)13-14-3-1-12(16-13)15-11-2-8-22(20,21)9-11/h1,3,10-11H,2,4-9H2,(H,14,15,16). The lowest BCUT2D eigenvalue weighted by Crippen LogP contribution is -2.46. The first-order valence-electron chi connectivity index (χ1n) is 7.30. The lowest BCUT2D eigenvalue weighted by molar-refractivity contribution is -0.118. The van der Waals surface area contributed by atoms with Crippen LogP contribution >= 0.6 is 0 Å². The van der Waals surface area contributed by atoms with E-state index in [-0.39, 0.29) is 17.5 Å². The molecule has 1 aromatic heterocycles. The second-order valence-corrected chi connectivity index (χ2v) is 7.84. The third-order valence-corrected chi connectivity index (χ3v) is 5.74. The van der Waals surface area contributed by atoms with E-state index >= 15 is 0 Å². The second kappa shape index (κ2) is 6.07. The minimum Gasteiger partial charge on any atom is -0.366 e. The molecule has 0 radical (unpaired) electrons. The Morgan fingerprint density at radius 1 is 1.27 bits per heavy atom. The number of hydrogen-bond acceptors (Lipinski definition) is 7. The number of amides is 1. The summed E-state index contributed by atoms with van der Waals surface area (Å²) in [7, 11) is -2.91. The van der Waals surface area contributed by atoms with Crippen molar-refractivity contribution in [3.8, 4) is 0 Å². The highest BCUT2D eigenvalue weighted by atomic mass is 32.2. The van der Waals surface area contributed by atoms with Crippen molar-refractivity contribution in [3.63, 3.8) is 0 Å². The van der Waals surface area contributed by atoms with Crippen molar-refractivity contribution in [1.82, 2.24) is 14.9 Å². The van der Waals surface area contributed by atoms with Gasteiger partial charge in [0, 0.05) is 38.4 Å². The summed E-state index contributed by atoms with van der Waals surface area (Å²) in [4.78, 5) is 23.2. The monoisotopic (exact) mass is 325 g/mol. The maximum atomic E-state index is 11.5. The van der Waals surface area contributed by atoms with Gasteiger partial charge in [0.25, 0.3) is 0 Å². The topological polar surface area (TPSA) is 95.5 Å². The zero-order chi connectivity index (χ0) is 15.6. The number of piperazine rings is 1. The molecule has 0 aliphatic carbocycles. The molecule has 1 aromatic rings. The molecule has 0 saturated carbocycles. The van der Waals surface area contributed by atoms with Gasteiger partial charge in [0.15, 0.2) is 9.84 Å². The third-order valence-electron chi connectivity index (χ3n) is 3.97. The number of carbonyl (C=O) groups is 1. The molecule has 8 nitrogen and oxygen atoms in total. The molecule has 1 amide bonds. The van der Waals surface area contributed by atoms with Crippen molar-refractivity contribution < 1.29 is 13.2 Å². The van der Waals surface area contributed by atoms with Crippen LogP contribution in [-0.2, 0) is 14.6 Å². The molecule has 0 aromatic carbocycles. The van der Waals surface area contributed by atoms with E-state index in [2.05, 4.69) is 15.3 Å². The predicted octanol–water partition coefficient (Wildman–Crippen LogP) is -0.646. The number of rotatable bonds is 4. The van der Waals surface area contributed by atoms with Crippen LogP contribution in [0, 0.1) is 0 Å². The highest BCUT2D eigenvalue weighted by Gasteiger charge is 2.28. The highest BCUT2D eigenvalue weighted by molar-refractivity contribution is 7.91. The van der Waals surface area contributed by atoms with Crippen LogP contribution in [0.25, 0.3) is 0 Å². The second-order valence-electron chi connectivity index (χ2n) is 5.61. The van der Waals surface area contributed by atoms with Gasteiger partial charge in [0.2, 0.25) is 12.4 Å². The van der Waals surface area contributed by atoms with Gasteiger partial charge in [0.1, 0.15) is 5.82 Å². The van der Waals surface area contributed by atoms with Crippen LogP contribution in [0.1, 0.15) is 6.42 Å². The highest BCUT2D eigenvalue weighted by Crippen LogP contribution is 2.18. The summed E-state index contributed by atoms with van der Waals surface area (Å²) in [5, 5.41) is 3.17. The van der Waals surface area contributed by atoms with Crippen LogP contribution in [-0.4, -0.2) is 73.4 Å². The first-order valence-corrected chi connectivity index (χ1v) is 9.12. The number of aromatic nitrogens is 2. The van der Waals surface area contributed by atoms with Crippen molar-refractivity contribution in [1.29, 1.82) is 0 Å². The lowest BCUT2D eigenvalue weighted by Gasteiger charge is -2.32. The molecule has 9 heteroatoms. The van der Waals surface area contributed by atoms with E-state index in [4.69, 9.17) is 0 Å². The SMILES string of the molecule is O=CN1CCN(c2nccc(NC3CCS(=O)(=O)C3)n2)CC1. The van der Waals surface area contributed by atoms with E-state index in [1.165, 1.54) is 0 Å². The average molecular weight is 325 g/mol. The number of hydrogen-bond donors (Lipinski definition) is 1. The van der Waals surface area contributed by atoms with Crippen LogP contribution in [0.3, 0.4) is 0 Å². The lowest BCUT2D eigenvalue weighted by atomic mass is 10.2. The molecule has 1 N–H and O–H groups in total.